The van der Waals surface area contributed by atoms with Crippen molar-refractivity contribution in [3.8, 4) is 5.75 Å². The topological polar surface area (TPSA) is 108 Å². The first kappa shape index (κ1) is 17.1. The molecule has 116 valence electrons. The molecule has 0 radical (unpaired) electrons. The van der Waals surface area contributed by atoms with E-state index in [1.54, 1.807) is 13.0 Å². The molecule has 0 spiro atoms. The number of ether oxygens (including phenoxy) is 1. The molecule has 0 saturated carbocycles. The number of carbonyl (C=O) groups excluding carboxylic acids is 1. The first-order valence-corrected chi connectivity index (χ1v) is 6.46. The van der Waals surface area contributed by atoms with Crippen LogP contribution in [0.1, 0.15) is 12.5 Å². The first-order valence-electron chi connectivity index (χ1n) is 6.08. The number of halogens is 1. The van der Waals surface area contributed by atoms with Gasteiger partial charge in [0, 0.05) is 11.1 Å². The lowest BCUT2D eigenvalue weighted by atomic mass is 10.2. The van der Waals surface area contributed by atoms with Crippen LogP contribution in [0.3, 0.4) is 0 Å². The summed E-state index contributed by atoms with van der Waals surface area (Å²) >= 11 is 5.95. The maximum atomic E-state index is 11.8. The van der Waals surface area contributed by atoms with Crippen molar-refractivity contribution in [2.24, 2.45) is 0 Å². The normalized spacial score (nSPS) is 13.2. The Kier molecular flexibility index (Phi) is 5.80. The molecule has 0 aromatic heterocycles. The van der Waals surface area contributed by atoms with E-state index in [4.69, 9.17) is 21.4 Å². The van der Waals surface area contributed by atoms with Gasteiger partial charge in [-0.1, -0.05) is 11.6 Å². The number of aliphatic hydroxyl groups excluding tert-OH is 1. The minimum absolute atomic E-state index is 0.338. The number of carboxylic acid groups (broad SMARTS) is 1. The number of methoxy groups -OCH3 is 1. The Morgan fingerprint density at radius 3 is 2.48 bits per heavy atom. The number of rotatable bonds is 5. The Bertz CT molecular complexity index is 548. The van der Waals surface area contributed by atoms with Gasteiger partial charge in [-0.05, 0) is 25.5 Å². The first-order chi connectivity index (χ1) is 9.76. The zero-order valence-corrected chi connectivity index (χ0v) is 12.6. The smallest absolute Gasteiger partial charge is 0.328 e. The molecule has 4 N–H and O–H groups in total. The number of aliphatic hydroxyl groups is 1. The molecule has 0 fully saturated rings. The van der Waals surface area contributed by atoms with Crippen molar-refractivity contribution in [3.63, 3.8) is 0 Å². The predicted molar refractivity (Wildman–Crippen MR) is 78.0 cm³/mol. The van der Waals surface area contributed by atoms with Crippen molar-refractivity contribution in [2.75, 3.05) is 12.4 Å². The van der Waals surface area contributed by atoms with Crippen LogP contribution in [0.15, 0.2) is 12.1 Å². The largest absolute Gasteiger partial charge is 0.495 e. The summed E-state index contributed by atoms with van der Waals surface area (Å²) in [6, 6.07) is 0.946. The van der Waals surface area contributed by atoms with Crippen LogP contribution < -0.4 is 15.4 Å². The lowest BCUT2D eigenvalue weighted by Crippen LogP contribution is -2.49. The number of aryl methyl sites for hydroxylation is 1. The van der Waals surface area contributed by atoms with Gasteiger partial charge in [0.05, 0.1) is 18.9 Å². The maximum Gasteiger partial charge on any atom is 0.328 e. The van der Waals surface area contributed by atoms with Crippen LogP contribution in [0.5, 0.6) is 5.75 Å². The molecule has 1 aromatic rings. The van der Waals surface area contributed by atoms with E-state index in [0.29, 0.717) is 16.5 Å². The molecular formula is C13H17ClN2O5. The van der Waals surface area contributed by atoms with Gasteiger partial charge in [0.25, 0.3) is 0 Å². The Morgan fingerprint density at radius 1 is 1.38 bits per heavy atom. The summed E-state index contributed by atoms with van der Waals surface area (Å²) in [5.74, 6) is -0.996. The van der Waals surface area contributed by atoms with Crippen molar-refractivity contribution >= 4 is 29.3 Å². The van der Waals surface area contributed by atoms with Gasteiger partial charge in [-0.15, -0.1) is 0 Å². The molecule has 2 amide bonds. The zero-order chi connectivity index (χ0) is 16.2. The highest BCUT2D eigenvalue weighted by Gasteiger charge is 2.25. The van der Waals surface area contributed by atoms with E-state index in [-0.39, 0.29) is 0 Å². The number of carboxylic acids is 1. The SMILES string of the molecule is COc1cc(Cl)c(C)cc1NC(=O)NC(C(=O)O)C(C)O. The Morgan fingerprint density at radius 2 is 2.00 bits per heavy atom. The maximum absolute atomic E-state index is 11.8. The summed E-state index contributed by atoms with van der Waals surface area (Å²) < 4.78 is 5.09. The van der Waals surface area contributed by atoms with Crippen LogP contribution >= 0.6 is 11.6 Å². The minimum atomic E-state index is -1.41. The third kappa shape index (κ3) is 4.51. The summed E-state index contributed by atoms with van der Waals surface area (Å²) in [6.45, 7) is 3.02. The number of hydrogen-bond acceptors (Lipinski definition) is 4. The van der Waals surface area contributed by atoms with Crippen LogP contribution in [0, 0.1) is 6.92 Å². The minimum Gasteiger partial charge on any atom is -0.495 e. The molecule has 0 aliphatic heterocycles. The van der Waals surface area contributed by atoms with Crippen molar-refractivity contribution in [1.29, 1.82) is 0 Å². The van der Waals surface area contributed by atoms with Crippen molar-refractivity contribution in [1.82, 2.24) is 5.32 Å². The standard InChI is InChI=1S/C13H17ClN2O5/c1-6-4-9(10(21-3)5-8(6)14)15-13(20)16-11(7(2)17)12(18)19/h4-5,7,11,17H,1-3H3,(H,18,19)(H2,15,16,20). The third-order valence-electron chi connectivity index (χ3n) is 2.76. The molecule has 0 saturated heterocycles. The Hall–Kier alpha value is -1.99. The summed E-state index contributed by atoms with van der Waals surface area (Å²) in [4.78, 5) is 22.7. The second kappa shape index (κ2) is 7.14. The fourth-order valence-electron chi connectivity index (χ4n) is 1.62. The van der Waals surface area contributed by atoms with E-state index < -0.39 is 24.1 Å². The van der Waals surface area contributed by atoms with E-state index in [2.05, 4.69) is 10.6 Å². The number of nitrogens with one attached hydrogen (secondary N) is 2. The number of carbonyl (C=O) groups is 2. The van der Waals surface area contributed by atoms with Gasteiger partial charge in [0.15, 0.2) is 6.04 Å². The van der Waals surface area contributed by atoms with E-state index in [1.165, 1.54) is 20.1 Å². The Balaban J connectivity index is 2.88. The second-order valence-corrected chi connectivity index (χ2v) is 4.86. The molecule has 0 aliphatic carbocycles. The number of aliphatic carboxylic acids is 1. The lowest BCUT2D eigenvalue weighted by molar-refractivity contribution is -0.141. The molecule has 1 rings (SSSR count). The van der Waals surface area contributed by atoms with E-state index >= 15 is 0 Å². The summed E-state index contributed by atoms with van der Waals surface area (Å²) in [6.07, 6.45) is -1.23. The van der Waals surface area contributed by atoms with Crippen molar-refractivity contribution in [2.45, 2.75) is 26.0 Å². The van der Waals surface area contributed by atoms with Gasteiger partial charge >= 0.3 is 12.0 Å². The van der Waals surface area contributed by atoms with Gasteiger partial charge in [-0.25, -0.2) is 9.59 Å². The Labute approximate surface area is 126 Å². The molecule has 21 heavy (non-hydrogen) atoms. The van der Waals surface area contributed by atoms with Gasteiger partial charge < -0.3 is 25.6 Å². The summed E-state index contributed by atoms with van der Waals surface area (Å²) in [7, 11) is 1.42. The molecule has 0 aliphatic rings. The van der Waals surface area contributed by atoms with Crippen LogP contribution in [0.4, 0.5) is 10.5 Å². The van der Waals surface area contributed by atoms with Gasteiger partial charge in [0.2, 0.25) is 0 Å². The van der Waals surface area contributed by atoms with Gasteiger partial charge in [-0.3, -0.25) is 0 Å². The quantitative estimate of drug-likeness (QED) is 0.660. The number of hydrogen-bond donors (Lipinski definition) is 4. The molecular weight excluding hydrogens is 300 g/mol. The average Bonchev–Trinajstić information content (AvgIpc) is 2.39. The van der Waals surface area contributed by atoms with E-state index in [1.807, 2.05) is 0 Å². The van der Waals surface area contributed by atoms with Crippen LogP contribution in [0.2, 0.25) is 5.02 Å². The van der Waals surface area contributed by atoms with E-state index in [9.17, 15) is 14.7 Å². The highest BCUT2D eigenvalue weighted by atomic mass is 35.5. The number of benzene rings is 1. The monoisotopic (exact) mass is 316 g/mol. The molecule has 7 nitrogen and oxygen atoms in total. The number of amides is 2. The number of anilines is 1. The number of urea groups is 1. The van der Waals surface area contributed by atoms with Crippen molar-refractivity contribution < 1.29 is 24.5 Å². The molecule has 2 unspecified atom stereocenters. The van der Waals surface area contributed by atoms with Crippen LogP contribution in [-0.4, -0.2) is 41.5 Å². The highest BCUT2D eigenvalue weighted by molar-refractivity contribution is 6.31. The molecule has 8 heteroatoms. The summed E-state index contributed by atoms with van der Waals surface area (Å²) in [5.41, 5.74) is 1.06. The molecule has 1 aromatic carbocycles. The average molecular weight is 317 g/mol. The fourth-order valence-corrected chi connectivity index (χ4v) is 1.77. The van der Waals surface area contributed by atoms with Crippen LogP contribution in [-0.2, 0) is 4.79 Å². The van der Waals surface area contributed by atoms with E-state index in [0.717, 1.165) is 5.56 Å². The van der Waals surface area contributed by atoms with Gasteiger partial charge in [-0.2, -0.15) is 0 Å². The molecule has 0 bridgehead atoms. The lowest BCUT2D eigenvalue weighted by Gasteiger charge is -2.18. The fraction of sp³-hybridized carbons (Fsp3) is 0.385. The highest BCUT2D eigenvalue weighted by Crippen LogP contribution is 2.30. The third-order valence-corrected chi connectivity index (χ3v) is 3.17. The second-order valence-electron chi connectivity index (χ2n) is 4.46. The molecule has 0 heterocycles. The summed E-state index contributed by atoms with van der Waals surface area (Å²) in [5, 5.41) is 23.3. The van der Waals surface area contributed by atoms with Gasteiger partial charge in [0.1, 0.15) is 5.75 Å². The van der Waals surface area contributed by atoms with Crippen molar-refractivity contribution in [3.05, 3.63) is 22.7 Å². The van der Waals surface area contributed by atoms with Crippen LogP contribution in [0.25, 0.3) is 0 Å². The zero-order valence-electron chi connectivity index (χ0n) is 11.8. The molecule has 2 atom stereocenters. The predicted octanol–water partition coefficient (Wildman–Crippen LogP) is 1.61.